The number of hydrogen-bond donors (Lipinski definition) is 2. The third-order valence-electron chi connectivity index (χ3n) is 3.72. The van der Waals surface area contributed by atoms with Crippen molar-refractivity contribution in [2.45, 2.75) is 6.92 Å². The van der Waals surface area contributed by atoms with Crippen molar-refractivity contribution >= 4 is 45.4 Å². The van der Waals surface area contributed by atoms with Crippen molar-refractivity contribution < 1.29 is 9.53 Å². The maximum absolute atomic E-state index is 12.7. The van der Waals surface area contributed by atoms with Crippen molar-refractivity contribution in [3.05, 3.63) is 63.5 Å². The van der Waals surface area contributed by atoms with Crippen LogP contribution in [0, 0.1) is 6.92 Å². The second-order valence-corrected chi connectivity index (χ2v) is 6.73. The minimum absolute atomic E-state index is 0.173. The highest BCUT2D eigenvalue weighted by atomic mass is 35.5. The van der Waals surface area contributed by atoms with Crippen LogP contribution in [0.15, 0.2) is 42.5 Å². The number of nitrogens with one attached hydrogen (secondary N) is 1. The molecule has 0 aliphatic rings. The number of methoxy groups -OCH3 is 1. The number of aromatic nitrogens is 1. The summed E-state index contributed by atoms with van der Waals surface area (Å²) in [5, 5.41) is 4.37. The first-order valence-corrected chi connectivity index (χ1v) is 8.66. The highest BCUT2D eigenvalue weighted by molar-refractivity contribution is 7.18. The summed E-state index contributed by atoms with van der Waals surface area (Å²) in [7, 11) is 1.58. The molecular formula is C18H16ClN3O2S. The van der Waals surface area contributed by atoms with Gasteiger partial charge in [-0.3, -0.25) is 4.79 Å². The SMILES string of the molecule is COc1ccc(C(=O)c2sc(Nc3cccc(Cl)c3C)nc2N)cc1. The maximum Gasteiger partial charge on any atom is 0.206 e. The molecule has 0 fully saturated rings. The zero-order chi connectivity index (χ0) is 18.0. The second kappa shape index (κ2) is 7.13. The average molecular weight is 374 g/mol. The Kier molecular flexibility index (Phi) is 4.92. The number of carbonyl (C=O) groups excluding carboxylic acids is 1. The van der Waals surface area contributed by atoms with Crippen LogP contribution in [0.3, 0.4) is 0 Å². The number of nitrogens with zero attached hydrogens (tertiary/aromatic N) is 1. The molecule has 7 heteroatoms. The third kappa shape index (κ3) is 3.60. The minimum Gasteiger partial charge on any atom is -0.497 e. The molecule has 0 radical (unpaired) electrons. The smallest absolute Gasteiger partial charge is 0.206 e. The highest BCUT2D eigenvalue weighted by Crippen LogP contribution is 2.32. The number of nitrogen functional groups attached to an aromatic ring is 1. The molecule has 3 rings (SSSR count). The molecule has 0 atom stereocenters. The molecule has 0 unspecified atom stereocenters. The van der Waals surface area contributed by atoms with Crippen molar-refractivity contribution in [2.75, 3.05) is 18.2 Å². The lowest BCUT2D eigenvalue weighted by atomic mass is 10.1. The Bertz CT molecular complexity index is 923. The molecule has 3 aromatic rings. The van der Waals surface area contributed by atoms with Crippen molar-refractivity contribution in [1.29, 1.82) is 0 Å². The molecule has 0 spiro atoms. The molecule has 25 heavy (non-hydrogen) atoms. The molecule has 128 valence electrons. The molecule has 2 aromatic carbocycles. The first-order valence-electron chi connectivity index (χ1n) is 7.46. The predicted molar refractivity (Wildman–Crippen MR) is 102 cm³/mol. The van der Waals surface area contributed by atoms with E-state index in [1.165, 1.54) is 11.3 Å². The summed E-state index contributed by atoms with van der Waals surface area (Å²) >= 11 is 7.34. The molecule has 0 aliphatic heterocycles. The van der Waals surface area contributed by atoms with Gasteiger partial charge in [0.05, 0.1) is 7.11 Å². The van der Waals surface area contributed by atoms with Crippen LogP contribution in [0.5, 0.6) is 5.75 Å². The molecule has 0 aliphatic carbocycles. The molecule has 5 nitrogen and oxygen atoms in total. The molecule has 1 heterocycles. The zero-order valence-electron chi connectivity index (χ0n) is 13.7. The van der Waals surface area contributed by atoms with Crippen LogP contribution in [0.4, 0.5) is 16.6 Å². The quantitative estimate of drug-likeness (QED) is 0.635. The molecular weight excluding hydrogens is 358 g/mol. The average Bonchev–Trinajstić information content (AvgIpc) is 2.99. The van der Waals surface area contributed by atoms with Gasteiger partial charge in [-0.2, -0.15) is 0 Å². The summed E-state index contributed by atoms with van der Waals surface area (Å²) in [5.41, 5.74) is 8.20. The lowest BCUT2D eigenvalue weighted by Gasteiger charge is -2.07. The monoisotopic (exact) mass is 373 g/mol. The van der Waals surface area contributed by atoms with Gasteiger partial charge in [0.25, 0.3) is 0 Å². The van der Waals surface area contributed by atoms with Gasteiger partial charge in [-0.15, -0.1) is 0 Å². The van der Waals surface area contributed by atoms with E-state index in [2.05, 4.69) is 10.3 Å². The summed E-state index contributed by atoms with van der Waals surface area (Å²) in [6, 6.07) is 12.4. The number of anilines is 3. The first kappa shape index (κ1) is 17.3. The number of benzene rings is 2. The fourth-order valence-corrected chi connectivity index (χ4v) is 3.31. The van der Waals surface area contributed by atoms with Gasteiger partial charge in [0.1, 0.15) is 16.4 Å². The maximum atomic E-state index is 12.7. The number of thiazole rings is 1. The molecule has 3 N–H and O–H groups in total. The van der Waals surface area contributed by atoms with Crippen LogP contribution in [-0.2, 0) is 0 Å². The highest BCUT2D eigenvalue weighted by Gasteiger charge is 2.18. The molecule has 0 saturated heterocycles. The van der Waals surface area contributed by atoms with Gasteiger partial charge in [-0.25, -0.2) is 4.98 Å². The Balaban J connectivity index is 1.86. The second-order valence-electron chi connectivity index (χ2n) is 5.33. The lowest BCUT2D eigenvalue weighted by molar-refractivity contribution is 0.104. The Morgan fingerprint density at radius 1 is 1.24 bits per heavy atom. The van der Waals surface area contributed by atoms with Crippen molar-refractivity contribution in [3.63, 3.8) is 0 Å². The number of nitrogens with two attached hydrogens (primary N) is 1. The number of carbonyl (C=O) groups is 1. The van der Waals surface area contributed by atoms with Gasteiger partial charge in [0, 0.05) is 16.3 Å². The molecule has 0 bridgehead atoms. The van der Waals surface area contributed by atoms with Crippen molar-refractivity contribution in [3.8, 4) is 5.75 Å². The van der Waals surface area contributed by atoms with Crippen LogP contribution in [-0.4, -0.2) is 17.9 Å². The van der Waals surface area contributed by atoms with Crippen LogP contribution < -0.4 is 15.8 Å². The zero-order valence-corrected chi connectivity index (χ0v) is 15.2. The van der Waals surface area contributed by atoms with E-state index in [-0.39, 0.29) is 11.6 Å². The number of ketones is 1. The van der Waals surface area contributed by atoms with E-state index in [4.69, 9.17) is 22.1 Å². The van der Waals surface area contributed by atoms with E-state index in [1.807, 2.05) is 25.1 Å². The fraction of sp³-hybridized carbons (Fsp3) is 0.111. The van der Waals surface area contributed by atoms with Gasteiger partial charge >= 0.3 is 0 Å². The lowest BCUT2D eigenvalue weighted by Crippen LogP contribution is -2.02. The van der Waals surface area contributed by atoms with E-state index in [0.717, 1.165) is 11.3 Å². The van der Waals surface area contributed by atoms with Gasteiger partial charge < -0.3 is 15.8 Å². The van der Waals surface area contributed by atoms with Gasteiger partial charge in [-0.1, -0.05) is 29.0 Å². The Hall–Kier alpha value is -2.57. The Morgan fingerprint density at radius 3 is 2.64 bits per heavy atom. The van der Waals surface area contributed by atoms with Gasteiger partial charge in [0.2, 0.25) is 5.78 Å². The normalized spacial score (nSPS) is 10.5. The van der Waals surface area contributed by atoms with Crippen molar-refractivity contribution in [2.24, 2.45) is 0 Å². The van der Waals surface area contributed by atoms with Gasteiger partial charge in [0.15, 0.2) is 5.13 Å². The van der Waals surface area contributed by atoms with Gasteiger partial charge in [-0.05, 0) is 48.9 Å². The van der Waals surface area contributed by atoms with E-state index in [1.54, 1.807) is 31.4 Å². The number of hydrogen-bond acceptors (Lipinski definition) is 6. The first-order chi connectivity index (χ1) is 12.0. The summed E-state index contributed by atoms with van der Waals surface area (Å²) in [6.45, 7) is 1.91. The fourth-order valence-electron chi connectivity index (χ4n) is 2.28. The van der Waals surface area contributed by atoms with Crippen LogP contribution in [0.2, 0.25) is 5.02 Å². The molecule has 0 saturated carbocycles. The predicted octanol–water partition coefficient (Wildman–Crippen LogP) is 4.67. The summed E-state index contributed by atoms with van der Waals surface area (Å²) in [5.74, 6) is 0.717. The Labute approximate surface area is 154 Å². The van der Waals surface area contributed by atoms with E-state index >= 15 is 0 Å². The van der Waals surface area contributed by atoms with E-state index in [0.29, 0.717) is 26.3 Å². The number of ether oxygens (including phenoxy) is 1. The summed E-state index contributed by atoms with van der Waals surface area (Å²) < 4.78 is 5.10. The number of halogens is 1. The third-order valence-corrected chi connectivity index (χ3v) is 5.12. The standard InChI is InChI=1S/C18H16ClN3O2S/c1-10-13(19)4-3-5-14(10)21-18-22-17(20)16(25-18)15(23)11-6-8-12(24-2)9-7-11/h3-9H,20H2,1-2H3,(H,21,22). The van der Waals surface area contributed by atoms with E-state index in [9.17, 15) is 4.79 Å². The topological polar surface area (TPSA) is 77.2 Å². The van der Waals surface area contributed by atoms with Crippen molar-refractivity contribution in [1.82, 2.24) is 4.98 Å². The molecule has 0 amide bonds. The van der Waals surface area contributed by atoms with Crippen LogP contribution >= 0.6 is 22.9 Å². The van der Waals surface area contributed by atoms with E-state index < -0.39 is 0 Å². The molecule has 1 aromatic heterocycles. The van der Waals surface area contributed by atoms with Crippen LogP contribution in [0.25, 0.3) is 0 Å². The Morgan fingerprint density at radius 2 is 1.96 bits per heavy atom. The summed E-state index contributed by atoms with van der Waals surface area (Å²) in [4.78, 5) is 17.3. The summed E-state index contributed by atoms with van der Waals surface area (Å²) in [6.07, 6.45) is 0. The number of rotatable bonds is 5. The largest absolute Gasteiger partial charge is 0.497 e. The minimum atomic E-state index is -0.173. The van der Waals surface area contributed by atoms with Crippen LogP contribution in [0.1, 0.15) is 20.8 Å².